The number of carbonyl (C=O) groups excluding carboxylic acids is 1. The van der Waals surface area contributed by atoms with E-state index in [-0.39, 0.29) is 5.78 Å². The number of ketones is 1. The first-order chi connectivity index (χ1) is 12.8. The number of hydrogen-bond donors (Lipinski definition) is 1. The van der Waals surface area contributed by atoms with Crippen molar-refractivity contribution in [1.82, 2.24) is 10.2 Å². The Labute approximate surface area is 159 Å². The predicted octanol–water partition coefficient (Wildman–Crippen LogP) is 4.88. The van der Waals surface area contributed by atoms with E-state index in [0.29, 0.717) is 23.1 Å². The van der Waals surface area contributed by atoms with Crippen molar-refractivity contribution in [3.8, 4) is 11.5 Å². The zero-order valence-corrected chi connectivity index (χ0v) is 15.6. The van der Waals surface area contributed by atoms with Crippen LogP contribution >= 0.6 is 23.1 Å². The van der Waals surface area contributed by atoms with Gasteiger partial charge in [0.2, 0.25) is 5.13 Å². The van der Waals surface area contributed by atoms with Crippen molar-refractivity contribution in [3.63, 3.8) is 0 Å². The molecule has 2 aromatic carbocycles. The number of carbonyl (C=O) groups is 1. The van der Waals surface area contributed by atoms with Crippen LogP contribution in [0.4, 0.5) is 5.13 Å². The lowest BCUT2D eigenvalue weighted by molar-refractivity contribution is 0.102. The number of nitrogens with one attached hydrogen (secondary N) is 1. The molecule has 1 N–H and O–H groups in total. The molecule has 7 heteroatoms. The van der Waals surface area contributed by atoms with Crippen molar-refractivity contribution in [2.24, 2.45) is 0 Å². The molecule has 0 bridgehead atoms. The highest BCUT2D eigenvalue weighted by atomic mass is 32.2. The molecule has 0 saturated heterocycles. The molecular weight excluding hydrogens is 366 g/mol. The van der Waals surface area contributed by atoms with E-state index >= 15 is 0 Å². The van der Waals surface area contributed by atoms with E-state index < -0.39 is 0 Å². The molecule has 0 spiro atoms. The Morgan fingerprint density at radius 1 is 1.08 bits per heavy atom. The van der Waals surface area contributed by atoms with E-state index in [1.165, 1.54) is 35.9 Å². The minimum absolute atomic E-state index is 0.0631. The molecule has 0 unspecified atom stereocenters. The normalized spacial score (nSPS) is 13.4. The summed E-state index contributed by atoms with van der Waals surface area (Å²) in [6, 6.07) is 17.3. The summed E-state index contributed by atoms with van der Waals surface area (Å²) in [6.45, 7) is 0. The van der Waals surface area contributed by atoms with Crippen LogP contribution in [-0.4, -0.2) is 27.8 Å². The van der Waals surface area contributed by atoms with Gasteiger partial charge in [-0.2, -0.15) is 0 Å². The average molecular weight is 383 g/mol. The third-order valence-corrected chi connectivity index (χ3v) is 5.78. The molecule has 1 saturated carbocycles. The summed E-state index contributed by atoms with van der Waals surface area (Å²) < 4.78 is 6.55. The lowest BCUT2D eigenvalue weighted by Gasteiger charge is -2.06. The first-order valence-corrected chi connectivity index (χ1v) is 10.2. The van der Waals surface area contributed by atoms with Crippen LogP contribution in [0.3, 0.4) is 0 Å². The zero-order chi connectivity index (χ0) is 17.8. The van der Waals surface area contributed by atoms with Crippen LogP contribution in [0.1, 0.15) is 23.2 Å². The zero-order valence-electron chi connectivity index (χ0n) is 13.9. The second-order valence-corrected chi connectivity index (χ2v) is 8.14. The van der Waals surface area contributed by atoms with E-state index in [1.54, 1.807) is 12.1 Å². The van der Waals surface area contributed by atoms with Crippen LogP contribution in [0.2, 0.25) is 0 Å². The van der Waals surface area contributed by atoms with Gasteiger partial charge in [-0.3, -0.25) is 4.79 Å². The summed E-state index contributed by atoms with van der Waals surface area (Å²) >= 11 is 2.92. The summed E-state index contributed by atoms with van der Waals surface area (Å²) in [5.41, 5.74) is 0.666. The quantitative estimate of drug-likeness (QED) is 0.442. The average Bonchev–Trinajstić information content (AvgIpc) is 3.37. The Hall–Kier alpha value is -2.38. The first kappa shape index (κ1) is 17.1. The van der Waals surface area contributed by atoms with Gasteiger partial charge >= 0.3 is 0 Å². The molecule has 0 amide bonds. The first-order valence-electron chi connectivity index (χ1n) is 8.35. The SMILES string of the molecule is O=C(CSc1nnc(NC2CC2)s1)c1ccc(Oc2ccccc2)cc1. The van der Waals surface area contributed by atoms with E-state index in [1.807, 2.05) is 42.5 Å². The number of hydrogen-bond acceptors (Lipinski definition) is 7. The standard InChI is InChI=1S/C19H17N3O2S2/c23-17(12-25-19-22-21-18(26-19)20-14-8-9-14)13-6-10-16(11-7-13)24-15-4-2-1-3-5-15/h1-7,10-11,14H,8-9,12H2,(H,20,21). The maximum Gasteiger partial charge on any atom is 0.206 e. The van der Waals surface area contributed by atoms with Crippen molar-refractivity contribution in [1.29, 1.82) is 0 Å². The molecule has 1 heterocycles. The van der Waals surface area contributed by atoms with Gasteiger partial charge in [-0.05, 0) is 49.2 Å². The smallest absolute Gasteiger partial charge is 0.206 e. The number of anilines is 1. The third-order valence-electron chi connectivity index (χ3n) is 3.79. The van der Waals surface area contributed by atoms with Crippen molar-refractivity contribution >= 4 is 34.0 Å². The molecule has 0 radical (unpaired) electrons. The van der Waals surface area contributed by atoms with Gasteiger partial charge in [0.05, 0.1) is 5.75 Å². The number of Topliss-reactive ketones (excluding diaryl/α,β-unsaturated/α-hetero) is 1. The number of ether oxygens (including phenoxy) is 1. The van der Waals surface area contributed by atoms with Gasteiger partial charge in [0, 0.05) is 11.6 Å². The monoisotopic (exact) mass is 383 g/mol. The number of rotatable bonds is 8. The number of aromatic nitrogens is 2. The molecule has 1 aliphatic rings. The Morgan fingerprint density at radius 2 is 1.81 bits per heavy atom. The molecule has 26 heavy (non-hydrogen) atoms. The summed E-state index contributed by atoms with van der Waals surface area (Å²) in [6.07, 6.45) is 2.40. The minimum atomic E-state index is 0.0631. The Bertz CT molecular complexity index is 877. The van der Waals surface area contributed by atoms with Gasteiger partial charge in [-0.1, -0.05) is 41.3 Å². The minimum Gasteiger partial charge on any atom is -0.457 e. The number of para-hydroxylation sites is 1. The largest absolute Gasteiger partial charge is 0.457 e. The van der Waals surface area contributed by atoms with Gasteiger partial charge < -0.3 is 10.1 Å². The van der Waals surface area contributed by atoms with E-state index in [9.17, 15) is 4.79 Å². The van der Waals surface area contributed by atoms with Gasteiger partial charge in [0.15, 0.2) is 10.1 Å². The van der Waals surface area contributed by atoms with Gasteiger partial charge in [-0.15, -0.1) is 10.2 Å². The molecule has 1 aromatic heterocycles. The van der Waals surface area contributed by atoms with E-state index in [2.05, 4.69) is 15.5 Å². The van der Waals surface area contributed by atoms with Crippen molar-refractivity contribution < 1.29 is 9.53 Å². The third kappa shape index (κ3) is 4.62. The summed E-state index contributed by atoms with van der Waals surface area (Å²) in [5.74, 6) is 1.89. The van der Waals surface area contributed by atoms with Crippen LogP contribution < -0.4 is 10.1 Å². The maximum atomic E-state index is 12.4. The Morgan fingerprint density at radius 3 is 2.54 bits per heavy atom. The molecule has 132 valence electrons. The van der Waals surface area contributed by atoms with Crippen LogP contribution in [0.15, 0.2) is 58.9 Å². The second kappa shape index (κ2) is 7.88. The molecule has 1 aliphatic carbocycles. The topological polar surface area (TPSA) is 64.1 Å². The van der Waals surface area contributed by atoms with Crippen LogP contribution in [0.5, 0.6) is 11.5 Å². The lowest BCUT2D eigenvalue weighted by Crippen LogP contribution is -2.02. The second-order valence-electron chi connectivity index (χ2n) is 5.94. The summed E-state index contributed by atoms with van der Waals surface area (Å²) in [7, 11) is 0. The molecule has 4 rings (SSSR count). The highest BCUT2D eigenvalue weighted by molar-refractivity contribution is 8.01. The molecule has 3 aromatic rings. The van der Waals surface area contributed by atoms with E-state index in [4.69, 9.17) is 4.74 Å². The van der Waals surface area contributed by atoms with Crippen molar-refractivity contribution in [3.05, 3.63) is 60.2 Å². The number of nitrogens with zero attached hydrogens (tertiary/aromatic N) is 2. The molecule has 5 nitrogen and oxygen atoms in total. The van der Waals surface area contributed by atoms with Gasteiger partial charge in [-0.25, -0.2) is 0 Å². The Balaban J connectivity index is 1.30. The highest BCUT2D eigenvalue weighted by Crippen LogP contribution is 2.30. The fraction of sp³-hybridized carbons (Fsp3) is 0.211. The van der Waals surface area contributed by atoms with Crippen LogP contribution in [0, 0.1) is 0 Å². The van der Waals surface area contributed by atoms with Gasteiger partial charge in [0.1, 0.15) is 11.5 Å². The van der Waals surface area contributed by atoms with Crippen LogP contribution in [0.25, 0.3) is 0 Å². The van der Waals surface area contributed by atoms with Gasteiger partial charge in [0.25, 0.3) is 0 Å². The van der Waals surface area contributed by atoms with Crippen molar-refractivity contribution in [2.45, 2.75) is 23.2 Å². The fourth-order valence-corrected chi connectivity index (χ4v) is 4.00. The number of benzene rings is 2. The molecular formula is C19H17N3O2S2. The molecule has 1 fully saturated rings. The fourth-order valence-electron chi connectivity index (χ4n) is 2.27. The maximum absolute atomic E-state index is 12.4. The van der Waals surface area contributed by atoms with Crippen LogP contribution in [-0.2, 0) is 0 Å². The number of thioether (sulfide) groups is 1. The summed E-state index contributed by atoms with van der Waals surface area (Å²) in [4.78, 5) is 12.4. The molecule has 0 atom stereocenters. The summed E-state index contributed by atoms with van der Waals surface area (Å²) in [5, 5.41) is 12.4. The van der Waals surface area contributed by atoms with Crippen molar-refractivity contribution in [2.75, 3.05) is 11.1 Å². The highest BCUT2D eigenvalue weighted by Gasteiger charge is 2.22. The lowest BCUT2D eigenvalue weighted by atomic mass is 10.1. The van der Waals surface area contributed by atoms with E-state index in [0.717, 1.165) is 15.2 Å². The molecule has 0 aliphatic heterocycles. The Kier molecular flexibility index (Phi) is 5.17. The predicted molar refractivity (Wildman–Crippen MR) is 105 cm³/mol.